The first-order valence-corrected chi connectivity index (χ1v) is 7.72. The van der Waals surface area contributed by atoms with Gasteiger partial charge in [-0.3, -0.25) is 4.90 Å². The molecule has 2 aromatic rings. The molecule has 0 aliphatic carbocycles. The Morgan fingerprint density at radius 3 is 2.95 bits per heavy atom. The maximum atomic E-state index is 6.24. The highest BCUT2D eigenvalue weighted by Gasteiger charge is 2.37. The van der Waals surface area contributed by atoms with E-state index in [0.717, 1.165) is 5.52 Å². The van der Waals surface area contributed by atoms with Crippen LogP contribution in [0, 0.1) is 6.92 Å². The van der Waals surface area contributed by atoms with E-state index in [0.29, 0.717) is 18.0 Å². The van der Waals surface area contributed by atoms with E-state index in [1.54, 1.807) is 0 Å². The third-order valence-corrected chi connectivity index (χ3v) is 5.02. The third-order valence-electron chi connectivity index (χ3n) is 5.02. The number of benzene rings is 1. The van der Waals surface area contributed by atoms with Crippen LogP contribution in [-0.2, 0) is 0 Å². The van der Waals surface area contributed by atoms with Crippen molar-refractivity contribution in [3.63, 3.8) is 0 Å². The Bertz CT molecular complexity index is 645. The predicted octanol–water partition coefficient (Wildman–Crippen LogP) is 2.73. The maximum Gasteiger partial charge on any atom is 0.201 e. The Morgan fingerprint density at radius 2 is 2.05 bits per heavy atom. The van der Waals surface area contributed by atoms with Crippen molar-refractivity contribution in [2.45, 2.75) is 44.7 Å². The van der Waals surface area contributed by atoms with Crippen molar-refractivity contribution in [3.8, 4) is 0 Å². The summed E-state index contributed by atoms with van der Waals surface area (Å²) in [5.41, 5.74) is 9.72. The van der Waals surface area contributed by atoms with E-state index in [9.17, 15) is 0 Å². The summed E-state index contributed by atoms with van der Waals surface area (Å²) in [6.45, 7) is 4.57. The van der Waals surface area contributed by atoms with Crippen LogP contribution < -0.4 is 5.73 Å². The van der Waals surface area contributed by atoms with Gasteiger partial charge in [-0.15, -0.1) is 0 Å². The number of hydrogen-bond acceptors (Lipinski definition) is 3. The summed E-state index contributed by atoms with van der Waals surface area (Å²) >= 11 is 0. The summed E-state index contributed by atoms with van der Waals surface area (Å²) in [4.78, 5) is 7.22. The summed E-state index contributed by atoms with van der Waals surface area (Å²) < 4.78 is 2.30. The topological polar surface area (TPSA) is 47.1 Å². The molecule has 1 aromatic carbocycles. The van der Waals surface area contributed by atoms with E-state index in [1.165, 1.54) is 49.9 Å². The SMILES string of the molecule is Cc1ccc2c(c1)nc(N)n2C1CCN2CCCCC12. The van der Waals surface area contributed by atoms with Crippen molar-refractivity contribution in [1.82, 2.24) is 14.5 Å². The molecule has 4 nitrogen and oxygen atoms in total. The van der Waals surface area contributed by atoms with Gasteiger partial charge in [0.25, 0.3) is 0 Å². The molecule has 0 spiro atoms. The van der Waals surface area contributed by atoms with Crippen LogP contribution in [-0.4, -0.2) is 33.6 Å². The monoisotopic (exact) mass is 270 g/mol. The maximum absolute atomic E-state index is 6.24. The lowest BCUT2D eigenvalue weighted by molar-refractivity contribution is 0.175. The number of rotatable bonds is 1. The molecule has 2 N–H and O–H groups in total. The number of nitrogen functional groups attached to an aromatic ring is 1. The summed E-state index contributed by atoms with van der Waals surface area (Å²) in [5, 5.41) is 0. The molecule has 2 aliphatic rings. The summed E-state index contributed by atoms with van der Waals surface area (Å²) in [7, 11) is 0. The molecule has 4 rings (SSSR count). The Labute approximate surface area is 119 Å². The number of fused-ring (bicyclic) bond motifs is 2. The first kappa shape index (κ1) is 12.2. The molecule has 2 saturated heterocycles. The van der Waals surface area contributed by atoms with Gasteiger partial charge in [0, 0.05) is 12.6 Å². The standard InChI is InChI=1S/C16H22N4/c1-11-5-6-13-12(10-11)18-16(17)20(13)15-7-9-19-8-3-2-4-14(15)19/h5-6,10,14-15H,2-4,7-9H2,1H3,(H2,17,18). The van der Waals surface area contributed by atoms with Crippen molar-refractivity contribution in [2.75, 3.05) is 18.8 Å². The molecule has 0 radical (unpaired) electrons. The quantitative estimate of drug-likeness (QED) is 0.866. The lowest BCUT2D eigenvalue weighted by Gasteiger charge is -2.33. The van der Waals surface area contributed by atoms with Gasteiger partial charge in [-0.05, 0) is 50.4 Å². The van der Waals surface area contributed by atoms with E-state index >= 15 is 0 Å². The lowest BCUT2D eigenvalue weighted by Crippen LogP contribution is -2.37. The average molecular weight is 270 g/mol. The minimum absolute atomic E-state index is 0.503. The van der Waals surface area contributed by atoms with Crippen LogP contribution in [0.5, 0.6) is 0 Å². The van der Waals surface area contributed by atoms with Crippen LogP contribution in [0.1, 0.15) is 37.3 Å². The largest absolute Gasteiger partial charge is 0.369 e. The van der Waals surface area contributed by atoms with Gasteiger partial charge < -0.3 is 10.3 Å². The normalized spacial score (nSPS) is 27.1. The Kier molecular flexibility index (Phi) is 2.74. The van der Waals surface area contributed by atoms with Crippen LogP contribution in [0.25, 0.3) is 11.0 Å². The van der Waals surface area contributed by atoms with Gasteiger partial charge in [-0.2, -0.15) is 0 Å². The van der Waals surface area contributed by atoms with Gasteiger partial charge in [0.05, 0.1) is 17.1 Å². The van der Waals surface area contributed by atoms with Gasteiger partial charge >= 0.3 is 0 Å². The van der Waals surface area contributed by atoms with E-state index in [-0.39, 0.29) is 0 Å². The second-order valence-corrected chi connectivity index (χ2v) is 6.29. The van der Waals surface area contributed by atoms with Gasteiger partial charge in [0.1, 0.15) is 0 Å². The fourth-order valence-corrected chi connectivity index (χ4v) is 4.10. The van der Waals surface area contributed by atoms with Gasteiger partial charge in [0.2, 0.25) is 5.95 Å². The molecule has 0 saturated carbocycles. The minimum atomic E-state index is 0.503. The van der Waals surface area contributed by atoms with Crippen molar-refractivity contribution in [1.29, 1.82) is 0 Å². The third kappa shape index (κ3) is 1.74. The highest BCUT2D eigenvalue weighted by molar-refractivity contribution is 5.79. The van der Waals surface area contributed by atoms with E-state index < -0.39 is 0 Å². The molecule has 106 valence electrons. The number of piperidine rings is 1. The van der Waals surface area contributed by atoms with Crippen LogP contribution >= 0.6 is 0 Å². The number of anilines is 1. The van der Waals surface area contributed by atoms with Crippen molar-refractivity contribution < 1.29 is 0 Å². The smallest absolute Gasteiger partial charge is 0.201 e. The Morgan fingerprint density at radius 1 is 1.15 bits per heavy atom. The molecule has 1 aromatic heterocycles. The second kappa shape index (κ2) is 4.48. The van der Waals surface area contributed by atoms with Crippen LogP contribution in [0.3, 0.4) is 0 Å². The first-order chi connectivity index (χ1) is 9.74. The van der Waals surface area contributed by atoms with Crippen LogP contribution in [0.4, 0.5) is 5.95 Å². The molecular formula is C16H22N4. The zero-order valence-electron chi connectivity index (χ0n) is 12.0. The zero-order chi connectivity index (χ0) is 13.7. The van der Waals surface area contributed by atoms with E-state index in [1.807, 2.05) is 0 Å². The minimum Gasteiger partial charge on any atom is -0.369 e. The van der Waals surface area contributed by atoms with E-state index in [2.05, 4.69) is 39.6 Å². The van der Waals surface area contributed by atoms with Gasteiger partial charge in [-0.25, -0.2) is 4.98 Å². The Balaban J connectivity index is 1.80. The molecule has 2 aliphatic heterocycles. The van der Waals surface area contributed by atoms with Crippen molar-refractivity contribution in [3.05, 3.63) is 23.8 Å². The fourth-order valence-electron chi connectivity index (χ4n) is 4.10. The van der Waals surface area contributed by atoms with Crippen molar-refractivity contribution in [2.24, 2.45) is 0 Å². The van der Waals surface area contributed by atoms with E-state index in [4.69, 9.17) is 5.73 Å². The van der Waals surface area contributed by atoms with Gasteiger partial charge in [0.15, 0.2) is 0 Å². The number of imidazole rings is 1. The molecule has 0 bridgehead atoms. The first-order valence-electron chi connectivity index (χ1n) is 7.72. The lowest BCUT2D eigenvalue weighted by atomic mass is 9.98. The molecule has 20 heavy (non-hydrogen) atoms. The number of nitrogens with two attached hydrogens (primary N) is 1. The Hall–Kier alpha value is -1.55. The molecule has 0 amide bonds. The van der Waals surface area contributed by atoms with Crippen molar-refractivity contribution >= 4 is 17.0 Å². The molecule has 2 unspecified atom stereocenters. The van der Waals surface area contributed by atoms with Crippen LogP contribution in [0.15, 0.2) is 18.2 Å². The molecule has 3 heterocycles. The second-order valence-electron chi connectivity index (χ2n) is 6.29. The number of nitrogens with zero attached hydrogens (tertiary/aromatic N) is 3. The molecule has 2 fully saturated rings. The number of hydrogen-bond donors (Lipinski definition) is 1. The predicted molar refractivity (Wildman–Crippen MR) is 81.7 cm³/mol. The van der Waals surface area contributed by atoms with Gasteiger partial charge in [-0.1, -0.05) is 12.5 Å². The average Bonchev–Trinajstić information content (AvgIpc) is 2.98. The number of aryl methyl sites for hydroxylation is 1. The molecule has 4 heteroatoms. The molecule has 2 atom stereocenters. The highest BCUT2D eigenvalue weighted by atomic mass is 15.3. The summed E-state index contributed by atoms with van der Waals surface area (Å²) in [5.74, 6) is 0.683. The van der Waals surface area contributed by atoms with Crippen LogP contribution in [0.2, 0.25) is 0 Å². The molecular weight excluding hydrogens is 248 g/mol. The summed E-state index contributed by atoms with van der Waals surface area (Å²) in [6.07, 6.45) is 5.20. The zero-order valence-corrected chi connectivity index (χ0v) is 12.0. The summed E-state index contributed by atoms with van der Waals surface area (Å²) in [6, 6.07) is 7.64. The highest BCUT2D eigenvalue weighted by Crippen LogP contribution is 2.38. The number of aromatic nitrogens is 2. The fraction of sp³-hybridized carbons (Fsp3) is 0.562.